The van der Waals surface area contributed by atoms with Crippen molar-refractivity contribution in [2.45, 2.75) is 12.8 Å². The third kappa shape index (κ3) is 2.12. The van der Waals surface area contributed by atoms with Crippen molar-refractivity contribution in [2.24, 2.45) is 0 Å². The fourth-order valence-corrected chi connectivity index (χ4v) is 2.63. The maximum atomic E-state index is 4.38. The second-order valence-corrected chi connectivity index (χ2v) is 4.78. The zero-order chi connectivity index (χ0) is 9.97. The first-order valence-corrected chi connectivity index (χ1v) is 6.16. The Morgan fingerprint density at radius 2 is 2.00 bits per heavy atom. The van der Waals surface area contributed by atoms with E-state index in [1.807, 2.05) is 6.07 Å². The van der Waals surface area contributed by atoms with Gasteiger partial charge in [-0.1, -0.05) is 37.3 Å². The molecule has 0 aliphatic rings. The van der Waals surface area contributed by atoms with Crippen molar-refractivity contribution in [3.8, 4) is 0 Å². The summed E-state index contributed by atoms with van der Waals surface area (Å²) in [5.74, 6) is 0.345. The maximum absolute atomic E-state index is 4.38. The highest BCUT2D eigenvalue weighted by Crippen LogP contribution is 2.25. The van der Waals surface area contributed by atoms with Crippen molar-refractivity contribution in [1.82, 2.24) is 9.36 Å². The Morgan fingerprint density at radius 1 is 1.29 bits per heavy atom. The second-order valence-electron chi connectivity index (χ2n) is 3.03. The van der Waals surface area contributed by atoms with Gasteiger partial charge in [0, 0.05) is 28.5 Å². The molecular weight excluding hydrogens is 307 g/mol. The van der Waals surface area contributed by atoms with Gasteiger partial charge in [0.15, 0.2) is 0 Å². The van der Waals surface area contributed by atoms with Crippen LogP contribution in [0.2, 0.25) is 0 Å². The number of halogens is 1. The molecule has 1 aromatic heterocycles. The predicted molar refractivity (Wildman–Crippen MR) is 66.6 cm³/mol. The second kappa shape index (κ2) is 4.35. The minimum atomic E-state index is 0.345. The molecule has 0 N–H and O–H groups in total. The summed E-state index contributed by atoms with van der Waals surface area (Å²) in [5.41, 5.74) is 1.29. The van der Waals surface area contributed by atoms with Gasteiger partial charge in [-0.25, -0.2) is 4.98 Å². The average molecular weight is 316 g/mol. The summed E-state index contributed by atoms with van der Waals surface area (Å²) >= 11 is 3.63. The van der Waals surface area contributed by atoms with Crippen LogP contribution in [0, 0.1) is 3.83 Å². The molecule has 1 aromatic carbocycles. The lowest BCUT2D eigenvalue weighted by Gasteiger charge is -2.06. The number of hydrogen-bond acceptors (Lipinski definition) is 3. The van der Waals surface area contributed by atoms with E-state index in [9.17, 15) is 0 Å². The van der Waals surface area contributed by atoms with Crippen LogP contribution >= 0.6 is 34.1 Å². The van der Waals surface area contributed by atoms with E-state index in [0.29, 0.717) is 5.92 Å². The molecule has 14 heavy (non-hydrogen) atoms. The molecule has 2 rings (SSSR count). The quantitative estimate of drug-likeness (QED) is 0.795. The lowest BCUT2D eigenvalue weighted by molar-refractivity contribution is 0.898. The molecule has 1 heterocycles. The van der Waals surface area contributed by atoms with E-state index >= 15 is 0 Å². The number of aromatic nitrogens is 2. The van der Waals surface area contributed by atoms with E-state index in [0.717, 1.165) is 8.84 Å². The van der Waals surface area contributed by atoms with E-state index in [4.69, 9.17) is 0 Å². The van der Waals surface area contributed by atoms with Gasteiger partial charge in [0.1, 0.15) is 5.01 Å². The Morgan fingerprint density at radius 3 is 2.57 bits per heavy atom. The molecule has 0 bridgehead atoms. The van der Waals surface area contributed by atoms with Crippen LogP contribution < -0.4 is 0 Å². The molecular formula is C10H9IN2S. The summed E-state index contributed by atoms with van der Waals surface area (Å²) in [7, 11) is 0. The third-order valence-corrected chi connectivity index (χ3v) is 3.79. The van der Waals surface area contributed by atoms with E-state index < -0.39 is 0 Å². The van der Waals surface area contributed by atoms with Crippen LogP contribution in [0.5, 0.6) is 0 Å². The van der Waals surface area contributed by atoms with Gasteiger partial charge in [-0.05, 0) is 17.1 Å². The van der Waals surface area contributed by atoms with Gasteiger partial charge in [0.05, 0.1) is 0 Å². The molecule has 0 aliphatic carbocycles. The first kappa shape index (κ1) is 10.0. The van der Waals surface area contributed by atoms with E-state index in [2.05, 4.69) is 63.1 Å². The molecule has 0 saturated carbocycles. The monoisotopic (exact) mass is 316 g/mol. The molecule has 4 heteroatoms. The lowest BCUT2D eigenvalue weighted by atomic mass is 10.0. The highest BCUT2D eigenvalue weighted by atomic mass is 127. The summed E-state index contributed by atoms with van der Waals surface area (Å²) in [5, 5.41) is 1.08. The van der Waals surface area contributed by atoms with Crippen LogP contribution in [0.4, 0.5) is 0 Å². The number of rotatable bonds is 2. The molecule has 0 spiro atoms. The molecule has 72 valence electrons. The Balaban J connectivity index is 2.29. The smallest absolute Gasteiger partial charge is 0.203 e. The highest BCUT2D eigenvalue weighted by Gasteiger charge is 2.12. The Bertz CT molecular complexity index is 413. The average Bonchev–Trinajstić information content (AvgIpc) is 2.65. The van der Waals surface area contributed by atoms with Crippen molar-refractivity contribution < 1.29 is 0 Å². The van der Waals surface area contributed by atoms with E-state index in [1.165, 1.54) is 17.1 Å². The minimum Gasteiger partial charge on any atom is -0.214 e. The molecule has 0 aliphatic heterocycles. The number of benzene rings is 1. The summed E-state index contributed by atoms with van der Waals surface area (Å²) in [4.78, 5) is 4.38. The standard InChI is InChI=1S/C10H9IN2S/c1-7(8-5-3-2-4-6-8)9-12-10(11)13-14-9/h2-7H,1H3. The van der Waals surface area contributed by atoms with Crippen LogP contribution in [0.15, 0.2) is 30.3 Å². The largest absolute Gasteiger partial charge is 0.214 e. The van der Waals surface area contributed by atoms with Gasteiger partial charge in [0.2, 0.25) is 3.83 Å². The normalized spacial score (nSPS) is 12.7. The number of nitrogens with zero attached hydrogens (tertiary/aromatic N) is 2. The van der Waals surface area contributed by atoms with Crippen molar-refractivity contribution in [3.63, 3.8) is 0 Å². The zero-order valence-electron chi connectivity index (χ0n) is 7.64. The maximum Gasteiger partial charge on any atom is 0.203 e. The molecule has 2 aromatic rings. The highest BCUT2D eigenvalue weighted by molar-refractivity contribution is 14.1. The summed E-state index contributed by atoms with van der Waals surface area (Å²) in [6, 6.07) is 10.4. The Labute approximate surface area is 101 Å². The molecule has 0 saturated heterocycles. The summed E-state index contributed by atoms with van der Waals surface area (Å²) < 4.78 is 5.02. The molecule has 0 fully saturated rings. The van der Waals surface area contributed by atoms with Crippen LogP contribution in [0.25, 0.3) is 0 Å². The van der Waals surface area contributed by atoms with Crippen LogP contribution in [-0.2, 0) is 0 Å². The van der Waals surface area contributed by atoms with Gasteiger partial charge in [-0.2, -0.15) is 4.37 Å². The molecule has 1 atom stereocenters. The minimum absolute atomic E-state index is 0.345. The van der Waals surface area contributed by atoms with Crippen molar-refractivity contribution >= 4 is 34.1 Å². The van der Waals surface area contributed by atoms with Gasteiger partial charge < -0.3 is 0 Å². The number of hydrogen-bond donors (Lipinski definition) is 0. The summed E-state index contributed by atoms with van der Waals surface area (Å²) in [6.07, 6.45) is 0. The van der Waals surface area contributed by atoms with Gasteiger partial charge in [0.25, 0.3) is 0 Å². The molecule has 0 radical (unpaired) electrons. The first-order chi connectivity index (χ1) is 6.77. The topological polar surface area (TPSA) is 25.8 Å². The van der Waals surface area contributed by atoms with E-state index in [1.54, 1.807) is 0 Å². The fraction of sp³-hybridized carbons (Fsp3) is 0.200. The zero-order valence-corrected chi connectivity index (χ0v) is 10.6. The molecule has 0 amide bonds. The Kier molecular flexibility index (Phi) is 3.12. The van der Waals surface area contributed by atoms with E-state index in [-0.39, 0.29) is 0 Å². The lowest BCUT2D eigenvalue weighted by Crippen LogP contribution is -1.94. The van der Waals surface area contributed by atoms with Crippen molar-refractivity contribution in [2.75, 3.05) is 0 Å². The fourth-order valence-electron chi connectivity index (χ4n) is 1.28. The van der Waals surface area contributed by atoms with Gasteiger partial charge in [-0.15, -0.1) is 0 Å². The molecule has 1 unspecified atom stereocenters. The molecule has 2 nitrogen and oxygen atoms in total. The van der Waals surface area contributed by atoms with Crippen LogP contribution in [0.1, 0.15) is 23.4 Å². The predicted octanol–water partition coefficient (Wildman–Crippen LogP) is 3.29. The van der Waals surface area contributed by atoms with Crippen LogP contribution in [0.3, 0.4) is 0 Å². The van der Waals surface area contributed by atoms with Crippen molar-refractivity contribution in [1.29, 1.82) is 0 Å². The van der Waals surface area contributed by atoms with Crippen molar-refractivity contribution in [3.05, 3.63) is 44.7 Å². The van der Waals surface area contributed by atoms with Gasteiger partial charge in [-0.3, -0.25) is 0 Å². The Hall–Kier alpha value is -0.490. The van der Waals surface area contributed by atoms with Crippen LogP contribution in [-0.4, -0.2) is 9.36 Å². The first-order valence-electron chi connectivity index (χ1n) is 4.31. The SMILES string of the molecule is CC(c1ccccc1)c1nc(I)ns1. The third-order valence-electron chi connectivity index (χ3n) is 2.09. The summed E-state index contributed by atoms with van der Waals surface area (Å²) in [6.45, 7) is 2.16. The van der Waals surface area contributed by atoms with Gasteiger partial charge >= 0.3 is 0 Å².